The van der Waals surface area contributed by atoms with E-state index in [1.807, 2.05) is 0 Å². The molecular weight excluding hydrogens is 286 g/mol. The van der Waals surface area contributed by atoms with Gasteiger partial charge in [0.1, 0.15) is 0 Å². The van der Waals surface area contributed by atoms with Crippen molar-refractivity contribution >= 4 is 21.6 Å². The van der Waals surface area contributed by atoms with Gasteiger partial charge >= 0.3 is 0 Å². The molecule has 0 radical (unpaired) electrons. The smallest absolute Gasteiger partial charge is 0.0426 e. The molecule has 2 aromatic rings. The Labute approximate surface area is 118 Å². The van der Waals surface area contributed by atoms with Crippen LogP contribution in [-0.4, -0.2) is 7.05 Å². The predicted molar refractivity (Wildman–Crippen MR) is 82.2 cm³/mol. The average Bonchev–Trinajstić information content (AvgIpc) is 2.31. The monoisotopic (exact) mass is 303 g/mol. The van der Waals surface area contributed by atoms with Crippen molar-refractivity contribution in [3.63, 3.8) is 0 Å². The van der Waals surface area contributed by atoms with Crippen LogP contribution in [-0.2, 0) is 6.54 Å². The summed E-state index contributed by atoms with van der Waals surface area (Å²) in [6.45, 7) is 5.21. The molecule has 0 aromatic heterocycles. The lowest BCUT2D eigenvalue weighted by molar-refractivity contribution is 0.920. The van der Waals surface area contributed by atoms with Gasteiger partial charge < -0.3 is 4.90 Å². The first-order valence-electron chi connectivity index (χ1n) is 6.08. The third kappa shape index (κ3) is 3.36. The molecule has 0 atom stereocenters. The van der Waals surface area contributed by atoms with Gasteiger partial charge in [-0.3, -0.25) is 0 Å². The molecule has 0 amide bonds. The maximum Gasteiger partial charge on any atom is 0.0426 e. The summed E-state index contributed by atoms with van der Waals surface area (Å²) in [5.74, 6) is 0. The van der Waals surface area contributed by atoms with Gasteiger partial charge in [0.05, 0.1) is 0 Å². The lowest BCUT2D eigenvalue weighted by atomic mass is 10.1. The fraction of sp³-hybridized carbons (Fsp3) is 0.250. The molecule has 18 heavy (non-hydrogen) atoms. The van der Waals surface area contributed by atoms with Gasteiger partial charge in [0.2, 0.25) is 0 Å². The van der Waals surface area contributed by atoms with Crippen LogP contribution in [0.2, 0.25) is 0 Å². The first-order chi connectivity index (χ1) is 8.54. The van der Waals surface area contributed by atoms with Gasteiger partial charge in [-0.15, -0.1) is 0 Å². The van der Waals surface area contributed by atoms with Crippen molar-refractivity contribution in [1.29, 1.82) is 0 Å². The Bertz CT molecular complexity index is 511. The predicted octanol–water partition coefficient (Wildman–Crippen LogP) is 4.70. The highest BCUT2D eigenvalue weighted by atomic mass is 79.9. The molecule has 0 aliphatic heterocycles. The van der Waals surface area contributed by atoms with Crippen LogP contribution in [0, 0.1) is 13.8 Å². The Balaban J connectivity index is 2.16. The number of nitrogens with zero attached hydrogens (tertiary/aromatic N) is 1. The van der Waals surface area contributed by atoms with Crippen LogP contribution in [0.15, 0.2) is 46.9 Å². The molecule has 0 bridgehead atoms. The van der Waals surface area contributed by atoms with E-state index in [1.54, 1.807) is 0 Å². The molecule has 1 nitrogen and oxygen atoms in total. The summed E-state index contributed by atoms with van der Waals surface area (Å²) in [6.07, 6.45) is 0. The van der Waals surface area contributed by atoms with Crippen molar-refractivity contribution < 1.29 is 0 Å². The van der Waals surface area contributed by atoms with Crippen LogP contribution in [0.3, 0.4) is 0 Å². The zero-order chi connectivity index (χ0) is 13.1. The summed E-state index contributed by atoms with van der Waals surface area (Å²) in [5.41, 5.74) is 5.22. The van der Waals surface area contributed by atoms with Crippen LogP contribution in [0.1, 0.15) is 16.7 Å². The van der Waals surface area contributed by atoms with Crippen LogP contribution in [0.5, 0.6) is 0 Å². The van der Waals surface area contributed by atoms with Crippen LogP contribution in [0.4, 0.5) is 5.69 Å². The van der Waals surface area contributed by atoms with Crippen LogP contribution >= 0.6 is 15.9 Å². The molecule has 2 aromatic carbocycles. The van der Waals surface area contributed by atoms with Crippen molar-refractivity contribution in [1.82, 2.24) is 0 Å². The molecule has 0 fully saturated rings. The molecule has 0 unspecified atom stereocenters. The number of rotatable bonds is 3. The van der Waals surface area contributed by atoms with Gasteiger partial charge in [0, 0.05) is 23.8 Å². The fourth-order valence-corrected chi connectivity index (χ4v) is 2.39. The summed E-state index contributed by atoms with van der Waals surface area (Å²) in [6, 6.07) is 15.1. The molecule has 2 heteroatoms. The summed E-state index contributed by atoms with van der Waals surface area (Å²) in [4.78, 5) is 2.28. The van der Waals surface area contributed by atoms with E-state index >= 15 is 0 Å². The van der Waals surface area contributed by atoms with Crippen molar-refractivity contribution in [3.05, 3.63) is 63.6 Å². The van der Waals surface area contributed by atoms with E-state index in [0.717, 1.165) is 11.0 Å². The van der Waals surface area contributed by atoms with Gasteiger partial charge in [0.15, 0.2) is 0 Å². The van der Waals surface area contributed by atoms with Crippen molar-refractivity contribution in [2.45, 2.75) is 20.4 Å². The number of benzene rings is 2. The van der Waals surface area contributed by atoms with E-state index in [4.69, 9.17) is 0 Å². The molecule has 94 valence electrons. The molecule has 0 N–H and O–H groups in total. The first kappa shape index (κ1) is 13.2. The van der Waals surface area contributed by atoms with E-state index < -0.39 is 0 Å². The number of halogens is 1. The maximum absolute atomic E-state index is 3.46. The zero-order valence-electron chi connectivity index (χ0n) is 11.1. The van der Waals surface area contributed by atoms with Crippen molar-refractivity contribution in [2.75, 3.05) is 11.9 Å². The summed E-state index contributed by atoms with van der Waals surface area (Å²) < 4.78 is 1.13. The van der Waals surface area contributed by atoms with Crippen molar-refractivity contribution in [3.8, 4) is 0 Å². The second-order valence-electron chi connectivity index (χ2n) is 4.83. The summed E-state index contributed by atoms with van der Waals surface area (Å²) in [7, 11) is 2.14. The third-order valence-electron chi connectivity index (χ3n) is 2.98. The zero-order valence-corrected chi connectivity index (χ0v) is 12.7. The minimum Gasteiger partial charge on any atom is -0.370 e. The van der Waals surface area contributed by atoms with E-state index in [1.165, 1.54) is 22.4 Å². The first-order valence-corrected chi connectivity index (χ1v) is 6.88. The fourth-order valence-electron chi connectivity index (χ4n) is 2.13. The number of anilines is 1. The SMILES string of the molecule is Cc1cc(C)cc(N(C)Cc2ccc(Br)cc2)c1. The topological polar surface area (TPSA) is 3.24 Å². The molecule has 0 spiro atoms. The van der Waals surface area contributed by atoms with Crippen LogP contribution < -0.4 is 4.90 Å². The second kappa shape index (κ2) is 5.57. The van der Waals surface area contributed by atoms with Gasteiger partial charge in [0.25, 0.3) is 0 Å². The Hall–Kier alpha value is -1.28. The maximum atomic E-state index is 3.46. The quantitative estimate of drug-likeness (QED) is 0.794. The van der Waals surface area contributed by atoms with E-state index in [0.29, 0.717) is 0 Å². The summed E-state index contributed by atoms with van der Waals surface area (Å²) >= 11 is 3.46. The highest BCUT2D eigenvalue weighted by Crippen LogP contribution is 2.20. The van der Waals surface area contributed by atoms with E-state index in [2.05, 4.69) is 84.2 Å². The molecule has 0 aliphatic rings. The lowest BCUT2D eigenvalue weighted by Gasteiger charge is -2.20. The highest BCUT2D eigenvalue weighted by molar-refractivity contribution is 9.10. The molecule has 0 heterocycles. The minimum absolute atomic E-state index is 0.927. The second-order valence-corrected chi connectivity index (χ2v) is 5.74. The minimum atomic E-state index is 0.927. The van der Waals surface area contributed by atoms with Gasteiger partial charge in [-0.05, 0) is 54.8 Å². The Kier molecular flexibility index (Phi) is 4.07. The molecule has 0 aliphatic carbocycles. The number of aryl methyl sites for hydroxylation is 2. The number of hydrogen-bond acceptors (Lipinski definition) is 1. The average molecular weight is 304 g/mol. The molecule has 2 rings (SSSR count). The standard InChI is InChI=1S/C16H18BrN/c1-12-8-13(2)10-16(9-12)18(3)11-14-4-6-15(17)7-5-14/h4-10H,11H2,1-3H3. The van der Waals surface area contributed by atoms with E-state index in [9.17, 15) is 0 Å². The normalized spacial score (nSPS) is 10.4. The van der Waals surface area contributed by atoms with Gasteiger partial charge in [-0.1, -0.05) is 34.1 Å². The lowest BCUT2D eigenvalue weighted by Crippen LogP contribution is -2.16. The van der Waals surface area contributed by atoms with Gasteiger partial charge in [-0.2, -0.15) is 0 Å². The van der Waals surface area contributed by atoms with Crippen molar-refractivity contribution in [2.24, 2.45) is 0 Å². The van der Waals surface area contributed by atoms with Gasteiger partial charge in [-0.25, -0.2) is 0 Å². The molecule has 0 saturated heterocycles. The highest BCUT2D eigenvalue weighted by Gasteiger charge is 2.03. The Morgan fingerprint density at radius 1 is 0.944 bits per heavy atom. The molecule has 0 saturated carbocycles. The largest absolute Gasteiger partial charge is 0.370 e. The number of hydrogen-bond donors (Lipinski definition) is 0. The Morgan fingerprint density at radius 3 is 2.06 bits per heavy atom. The van der Waals surface area contributed by atoms with E-state index in [-0.39, 0.29) is 0 Å². The van der Waals surface area contributed by atoms with Crippen LogP contribution in [0.25, 0.3) is 0 Å². The Morgan fingerprint density at radius 2 is 1.50 bits per heavy atom. The molecular formula is C16H18BrN. The third-order valence-corrected chi connectivity index (χ3v) is 3.51. The summed E-state index contributed by atoms with van der Waals surface area (Å²) in [5, 5.41) is 0.